The lowest BCUT2D eigenvalue weighted by Crippen LogP contribution is -2.55. The van der Waals surface area contributed by atoms with Gasteiger partial charge in [0, 0.05) is 39.4 Å². The van der Waals surface area contributed by atoms with E-state index in [0.29, 0.717) is 48.6 Å². The third-order valence-corrected chi connectivity index (χ3v) is 14.8. The third kappa shape index (κ3) is 20.6. The van der Waals surface area contributed by atoms with E-state index in [1.54, 1.807) is 5.48 Å². The molecule has 13 nitrogen and oxygen atoms in total. The molecule has 0 fully saturated rings. The number of carboxylic acid groups (broad SMARTS) is 1. The zero-order valence-corrected chi connectivity index (χ0v) is 49.2. The first-order valence-electron chi connectivity index (χ1n) is 27.6. The minimum absolute atomic E-state index is 0.199. The fourth-order valence-corrected chi connectivity index (χ4v) is 10.1. The fourth-order valence-electron chi connectivity index (χ4n) is 9.48. The van der Waals surface area contributed by atoms with E-state index in [2.05, 4.69) is 21.3 Å². The van der Waals surface area contributed by atoms with Gasteiger partial charge in [0.1, 0.15) is 12.1 Å². The fraction of sp³-hybridized carbons (Fsp3) is 0.364. The number of benzene rings is 6. The molecule has 6 aromatic carbocycles. The molecule has 6 aromatic rings. The van der Waals surface area contributed by atoms with Crippen LogP contribution in [-0.2, 0) is 41.6 Å². The van der Waals surface area contributed by atoms with Gasteiger partial charge in [-0.25, -0.2) is 5.48 Å². The van der Waals surface area contributed by atoms with Crippen molar-refractivity contribution in [1.82, 2.24) is 26.7 Å². The quantitative estimate of drug-likeness (QED) is 0.0229. The number of amides is 5. The van der Waals surface area contributed by atoms with Gasteiger partial charge in [-0.1, -0.05) is 210 Å². The number of aryl methyl sites for hydroxylation is 2. The van der Waals surface area contributed by atoms with E-state index in [0.717, 1.165) is 44.5 Å². The molecule has 0 aliphatic rings. The van der Waals surface area contributed by atoms with Gasteiger partial charge in [-0.2, -0.15) is 0 Å². The average Bonchev–Trinajstić information content (AvgIpc) is 3.44. The van der Waals surface area contributed by atoms with Crippen molar-refractivity contribution in [3.63, 3.8) is 0 Å². The van der Waals surface area contributed by atoms with Crippen LogP contribution < -0.4 is 26.7 Å². The maximum atomic E-state index is 13.4. The highest BCUT2D eigenvalue weighted by molar-refractivity contribution is 6.33. The van der Waals surface area contributed by atoms with Gasteiger partial charge in [0.15, 0.2) is 0 Å². The highest BCUT2D eigenvalue weighted by Gasteiger charge is 2.37. The van der Waals surface area contributed by atoms with Crippen molar-refractivity contribution in [3.05, 3.63) is 190 Å². The van der Waals surface area contributed by atoms with Crippen LogP contribution in [0.5, 0.6) is 0 Å². The first-order valence-corrected chi connectivity index (χ1v) is 28.3. The van der Waals surface area contributed by atoms with Crippen LogP contribution >= 0.6 is 23.2 Å². The standard InChI is InChI=1S/C33H40ClN3O4.C33H39ClN2O4/c1-22(24-13-7-5-8-14-24)35-32(40)30(33(2,3)4)36-31(39)26(21-29(38)37-41)17-11-12-23-18-19-27(28(34)20-23)25-15-9-6-10-16-25;1-22(24-13-7-5-8-14-24)35-32(40)30(33(2,3)4)36-31(39)26(21-29(37)38)17-11-12-23-18-19-27(28(34)20-23)25-15-9-6-10-16-25/h5-10,13-16,18-20,22,26,30,41H,11-12,17,21H2,1-4H3,(H,35,40)(H,36,39)(H,37,38);5-10,13-16,18-20,22,26,30H,11-12,17,21H2,1-4H3,(H,35,40)(H,36,39)(H,37,38)/t22?,26-,30-;22-,26-,30-/m11/s1. The number of hydrogen-bond donors (Lipinski definition) is 7. The predicted molar refractivity (Wildman–Crippen MR) is 322 cm³/mol. The summed E-state index contributed by atoms with van der Waals surface area (Å²) in [5, 5.41) is 31.7. The number of carbonyl (C=O) groups excluding carboxylic acids is 5. The van der Waals surface area contributed by atoms with Crippen molar-refractivity contribution in [2.75, 3.05) is 0 Å². The highest BCUT2D eigenvalue weighted by Crippen LogP contribution is 2.32. The van der Waals surface area contributed by atoms with Crippen molar-refractivity contribution in [1.29, 1.82) is 0 Å². The Morgan fingerprint density at radius 3 is 1.14 bits per heavy atom. The maximum absolute atomic E-state index is 13.4. The molecule has 0 aliphatic heterocycles. The molecule has 0 aromatic heterocycles. The van der Waals surface area contributed by atoms with Crippen LogP contribution in [-0.4, -0.2) is 57.9 Å². The number of halogens is 2. The van der Waals surface area contributed by atoms with Crippen LogP contribution in [0.25, 0.3) is 22.3 Å². The SMILES string of the molecule is CC(NC(=O)[C@@H](NC(=O)[C@H](CCCc1ccc(-c2ccccc2)c(Cl)c1)CC(=O)NO)C(C)(C)C)c1ccccc1.C[C@@H](NC(=O)[C@@H](NC(=O)[C@H](CCCc1ccc(-c2ccccc2)c(Cl)c1)CC(=O)O)C(C)(C)C)c1ccccc1. The molecule has 0 saturated carbocycles. The van der Waals surface area contributed by atoms with Gasteiger partial charge < -0.3 is 26.4 Å². The Morgan fingerprint density at radius 1 is 0.469 bits per heavy atom. The van der Waals surface area contributed by atoms with Gasteiger partial charge in [-0.05, 0) is 109 Å². The molecule has 6 rings (SSSR count). The first-order chi connectivity index (χ1) is 38.4. The summed E-state index contributed by atoms with van der Waals surface area (Å²) in [6, 6.07) is 48.6. The summed E-state index contributed by atoms with van der Waals surface area (Å²) in [4.78, 5) is 77.0. The van der Waals surface area contributed by atoms with Crippen molar-refractivity contribution in [2.24, 2.45) is 22.7 Å². The molecule has 7 N–H and O–H groups in total. The molecule has 15 heteroatoms. The van der Waals surface area contributed by atoms with E-state index in [4.69, 9.17) is 28.4 Å². The lowest BCUT2D eigenvalue weighted by molar-refractivity contribution is -0.142. The van der Waals surface area contributed by atoms with Crippen LogP contribution in [0.3, 0.4) is 0 Å². The maximum Gasteiger partial charge on any atom is 0.304 e. The number of hydrogen-bond acceptors (Lipinski definition) is 7. The van der Waals surface area contributed by atoms with E-state index in [1.165, 1.54) is 0 Å². The van der Waals surface area contributed by atoms with Gasteiger partial charge in [0.2, 0.25) is 29.5 Å². The van der Waals surface area contributed by atoms with Gasteiger partial charge in [-0.15, -0.1) is 0 Å². The van der Waals surface area contributed by atoms with E-state index in [1.807, 2.05) is 213 Å². The van der Waals surface area contributed by atoms with Crippen LogP contribution in [0.2, 0.25) is 10.0 Å². The summed E-state index contributed by atoms with van der Waals surface area (Å²) < 4.78 is 0. The molecule has 5 amide bonds. The second-order valence-electron chi connectivity index (χ2n) is 22.8. The van der Waals surface area contributed by atoms with E-state index in [-0.39, 0.29) is 36.7 Å². The van der Waals surface area contributed by atoms with Gasteiger partial charge >= 0.3 is 5.97 Å². The van der Waals surface area contributed by atoms with Gasteiger partial charge in [-0.3, -0.25) is 34.0 Å². The zero-order valence-electron chi connectivity index (χ0n) is 47.7. The zero-order chi connectivity index (χ0) is 59.3. The molecule has 81 heavy (non-hydrogen) atoms. The molecule has 0 radical (unpaired) electrons. The van der Waals surface area contributed by atoms with Crippen LogP contribution in [0.4, 0.5) is 0 Å². The second kappa shape index (κ2) is 31.0. The molecule has 1 unspecified atom stereocenters. The summed E-state index contributed by atoms with van der Waals surface area (Å²) >= 11 is 13.1. The summed E-state index contributed by atoms with van der Waals surface area (Å²) in [6.45, 7) is 15.0. The molecule has 430 valence electrons. The van der Waals surface area contributed by atoms with E-state index in [9.17, 15) is 33.9 Å². The average molecular weight is 1140 g/mol. The molecule has 0 aliphatic carbocycles. The number of aliphatic carboxylic acids is 1. The molecule has 0 heterocycles. The Balaban J connectivity index is 0.000000297. The summed E-state index contributed by atoms with van der Waals surface area (Å²) in [5.74, 6) is -4.65. The van der Waals surface area contributed by atoms with Crippen LogP contribution in [0.15, 0.2) is 158 Å². The van der Waals surface area contributed by atoms with E-state index < -0.39 is 58.4 Å². The summed E-state index contributed by atoms with van der Waals surface area (Å²) in [5.41, 5.74) is 8.35. The normalized spacial score (nSPS) is 13.6. The summed E-state index contributed by atoms with van der Waals surface area (Å²) in [6.07, 6.45) is 2.75. The molecule has 6 atom stereocenters. The summed E-state index contributed by atoms with van der Waals surface area (Å²) in [7, 11) is 0. The van der Waals surface area contributed by atoms with Crippen LogP contribution in [0.1, 0.15) is 128 Å². The van der Waals surface area contributed by atoms with Crippen molar-refractivity contribution < 1.29 is 39.1 Å². The number of carboxylic acids is 1. The van der Waals surface area contributed by atoms with Gasteiger partial charge in [0.05, 0.1) is 18.5 Å². The number of hydroxylamine groups is 1. The Bertz CT molecular complexity index is 3000. The number of rotatable bonds is 24. The van der Waals surface area contributed by atoms with Crippen molar-refractivity contribution in [2.45, 2.75) is 131 Å². The smallest absolute Gasteiger partial charge is 0.304 e. The minimum atomic E-state index is -1.05. The topological polar surface area (TPSA) is 203 Å². The Labute approximate surface area is 488 Å². The number of carbonyl (C=O) groups is 6. The third-order valence-electron chi connectivity index (χ3n) is 14.1. The largest absolute Gasteiger partial charge is 0.481 e. The monoisotopic (exact) mass is 1140 g/mol. The first kappa shape index (κ1) is 64.5. The molecular weight excluding hydrogens is 1060 g/mol. The predicted octanol–water partition coefficient (Wildman–Crippen LogP) is 13.1. The lowest BCUT2D eigenvalue weighted by atomic mass is 9.85. The van der Waals surface area contributed by atoms with Crippen molar-refractivity contribution in [3.8, 4) is 22.3 Å². The number of nitrogens with one attached hydrogen (secondary N) is 5. The van der Waals surface area contributed by atoms with Crippen LogP contribution in [0, 0.1) is 22.7 Å². The minimum Gasteiger partial charge on any atom is -0.481 e. The Hall–Kier alpha value is -7.32. The molecule has 0 spiro atoms. The lowest BCUT2D eigenvalue weighted by Gasteiger charge is -2.32. The van der Waals surface area contributed by atoms with Crippen molar-refractivity contribution >= 4 is 58.7 Å². The second-order valence-corrected chi connectivity index (χ2v) is 23.6. The molecule has 0 bridgehead atoms. The molecular formula is C66H79Cl2N5O8. The molecule has 0 saturated heterocycles. The van der Waals surface area contributed by atoms with E-state index >= 15 is 0 Å². The highest BCUT2D eigenvalue weighted by atomic mass is 35.5. The Kier molecular flexibility index (Phi) is 24.7. The Morgan fingerprint density at radius 2 is 0.815 bits per heavy atom. The van der Waals surface area contributed by atoms with Gasteiger partial charge in [0.25, 0.3) is 0 Å².